The first kappa shape index (κ1) is 16.0. The summed E-state index contributed by atoms with van der Waals surface area (Å²) in [5.74, 6) is -0.116. The second-order valence-corrected chi connectivity index (χ2v) is 6.60. The number of hydrogen-bond acceptors (Lipinski definition) is 5. The molecule has 4 rings (SSSR count). The Morgan fingerprint density at radius 2 is 2.04 bits per heavy atom. The number of nitrogens with zero attached hydrogens (tertiary/aromatic N) is 4. The number of anilines is 1. The molecule has 2 aromatic heterocycles. The summed E-state index contributed by atoms with van der Waals surface area (Å²) in [5.41, 5.74) is 3.96. The lowest BCUT2D eigenvalue weighted by atomic mass is 10.1. The molecule has 1 amide bonds. The van der Waals surface area contributed by atoms with Crippen LogP contribution in [0.3, 0.4) is 0 Å². The molecule has 0 atom stereocenters. The molecule has 6 nitrogen and oxygen atoms in total. The van der Waals surface area contributed by atoms with E-state index in [2.05, 4.69) is 15.4 Å². The molecule has 0 saturated carbocycles. The Labute approximate surface area is 153 Å². The third-order valence-electron chi connectivity index (χ3n) is 3.91. The van der Waals surface area contributed by atoms with Crippen LogP contribution in [-0.4, -0.2) is 20.5 Å². The highest BCUT2D eigenvalue weighted by atomic mass is 32.1. The van der Waals surface area contributed by atoms with Crippen molar-refractivity contribution in [3.8, 4) is 17.3 Å². The van der Waals surface area contributed by atoms with E-state index in [9.17, 15) is 4.79 Å². The summed E-state index contributed by atoms with van der Waals surface area (Å²) in [6, 6.07) is 16.7. The molecule has 126 valence electrons. The lowest BCUT2D eigenvalue weighted by Crippen LogP contribution is -2.13. The molecule has 0 spiro atoms. The number of benzene rings is 2. The molecule has 4 aromatic rings. The number of nitrogens with one attached hydrogen (secondary N) is 1. The normalized spacial score (nSPS) is 10.6. The molecule has 2 aromatic carbocycles. The number of rotatable bonds is 3. The molecule has 0 radical (unpaired) electrons. The summed E-state index contributed by atoms with van der Waals surface area (Å²) in [5, 5.41) is 18.0. The standard InChI is InChI=1S/C19H13N5OS/c1-12-5-7-14(8-6-12)16-11-26-19-22-18(23-24(16)19)21-17(25)15-4-2-3-13(9-15)10-20/h2-9,11H,1H3,(H,21,23,25). The first-order valence-electron chi connectivity index (χ1n) is 7.87. The van der Waals surface area contributed by atoms with Crippen LogP contribution in [0.5, 0.6) is 0 Å². The molecular formula is C19H13N5OS. The first-order valence-corrected chi connectivity index (χ1v) is 8.75. The first-order chi connectivity index (χ1) is 12.6. The molecular weight excluding hydrogens is 346 g/mol. The van der Waals surface area contributed by atoms with Gasteiger partial charge in [0.15, 0.2) is 0 Å². The summed E-state index contributed by atoms with van der Waals surface area (Å²) in [6.07, 6.45) is 0. The van der Waals surface area contributed by atoms with E-state index < -0.39 is 0 Å². The van der Waals surface area contributed by atoms with Crippen LogP contribution in [0.2, 0.25) is 0 Å². The Morgan fingerprint density at radius 3 is 2.81 bits per heavy atom. The van der Waals surface area contributed by atoms with Crippen molar-refractivity contribution in [1.82, 2.24) is 14.6 Å². The van der Waals surface area contributed by atoms with Gasteiger partial charge in [-0.2, -0.15) is 10.2 Å². The van der Waals surface area contributed by atoms with Crippen molar-refractivity contribution in [3.05, 3.63) is 70.6 Å². The summed E-state index contributed by atoms with van der Waals surface area (Å²) in [7, 11) is 0. The van der Waals surface area contributed by atoms with Gasteiger partial charge >= 0.3 is 0 Å². The van der Waals surface area contributed by atoms with E-state index in [1.165, 1.54) is 23.0 Å². The number of hydrogen-bond donors (Lipinski definition) is 1. The maximum absolute atomic E-state index is 12.4. The van der Waals surface area contributed by atoms with Gasteiger partial charge in [0.25, 0.3) is 11.9 Å². The lowest BCUT2D eigenvalue weighted by molar-refractivity contribution is 0.102. The second-order valence-electron chi connectivity index (χ2n) is 5.76. The molecule has 0 aliphatic rings. The number of fused-ring (bicyclic) bond motifs is 1. The van der Waals surface area contributed by atoms with Gasteiger partial charge in [-0.25, -0.2) is 4.52 Å². The quantitative estimate of drug-likeness (QED) is 0.601. The van der Waals surface area contributed by atoms with Crippen LogP contribution in [-0.2, 0) is 0 Å². The molecule has 1 N–H and O–H groups in total. The van der Waals surface area contributed by atoms with Crippen LogP contribution in [0.4, 0.5) is 5.95 Å². The van der Waals surface area contributed by atoms with Crippen molar-refractivity contribution in [2.24, 2.45) is 0 Å². The maximum atomic E-state index is 12.4. The highest BCUT2D eigenvalue weighted by Gasteiger charge is 2.14. The van der Waals surface area contributed by atoms with Crippen LogP contribution < -0.4 is 5.32 Å². The van der Waals surface area contributed by atoms with Gasteiger partial charge < -0.3 is 0 Å². The Bertz CT molecular complexity index is 1150. The van der Waals surface area contributed by atoms with E-state index in [4.69, 9.17) is 5.26 Å². The van der Waals surface area contributed by atoms with Crippen LogP contribution in [0.15, 0.2) is 53.9 Å². The highest BCUT2D eigenvalue weighted by molar-refractivity contribution is 7.15. The van der Waals surface area contributed by atoms with Gasteiger partial charge in [-0.15, -0.1) is 16.4 Å². The molecule has 0 aliphatic carbocycles. The van der Waals surface area contributed by atoms with Gasteiger partial charge in [0.05, 0.1) is 17.3 Å². The third-order valence-corrected chi connectivity index (χ3v) is 4.72. The Kier molecular flexibility index (Phi) is 3.95. The summed E-state index contributed by atoms with van der Waals surface area (Å²) in [4.78, 5) is 17.4. The van der Waals surface area contributed by atoms with Gasteiger partial charge in [0, 0.05) is 16.5 Å². The smallest absolute Gasteiger partial charge is 0.258 e. The predicted octanol–water partition coefficient (Wildman–Crippen LogP) is 3.89. The van der Waals surface area contributed by atoms with Crippen molar-refractivity contribution in [1.29, 1.82) is 5.26 Å². The van der Waals surface area contributed by atoms with E-state index in [0.29, 0.717) is 16.1 Å². The molecule has 0 saturated heterocycles. The monoisotopic (exact) mass is 359 g/mol. The van der Waals surface area contributed by atoms with Crippen molar-refractivity contribution in [3.63, 3.8) is 0 Å². The van der Waals surface area contributed by atoms with Crippen molar-refractivity contribution < 1.29 is 4.79 Å². The Hall–Kier alpha value is -3.50. The average molecular weight is 359 g/mol. The zero-order valence-corrected chi connectivity index (χ0v) is 14.6. The maximum Gasteiger partial charge on any atom is 0.258 e. The molecule has 7 heteroatoms. The second kappa shape index (κ2) is 6.43. The van der Waals surface area contributed by atoms with Gasteiger partial charge in [-0.1, -0.05) is 35.9 Å². The number of thiazole rings is 1. The van der Waals surface area contributed by atoms with Crippen LogP contribution >= 0.6 is 11.3 Å². The van der Waals surface area contributed by atoms with E-state index in [-0.39, 0.29) is 11.9 Å². The van der Waals surface area contributed by atoms with Crippen LogP contribution in [0, 0.1) is 18.3 Å². The SMILES string of the molecule is Cc1ccc(-c2csc3nc(NC(=O)c4cccc(C#N)c4)nn23)cc1. The minimum Gasteiger partial charge on any atom is -0.289 e. The minimum atomic E-state index is -0.350. The van der Waals surface area contributed by atoms with Crippen molar-refractivity contribution >= 4 is 28.2 Å². The van der Waals surface area contributed by atoms with Crippen molar-refractivity contribution in [2.75, 3.05) is 5.32 Å². The van der Waals surface area contributed by atoms with E-state index in [1.807, 2.05) is 42.6 Å². The lowest BCUT2D eigenvalue weighted by Gasteiger charge is -2.01. The molecule has 0 bridgehead atoms. The van der Waals surface area contributed by atoms with E-state index >= 15 is 0 Å². The van der Waals surface area contributed by atoms with E-state index in [1.54, 1.807) is 22.7 Å². The molecule has 0 unspecified atom stereocenters. The number of amides is 1. The molecule has 0 aliphatic heterocycles. The zero-order valence-electron chi connectivity index (χ0n) is 13.8. The number of nitriles is 1. The number of carbonyl (C=O) groups is 1. The number of aryl methyl sites for hydroxylation is 1. The molecule has 2 heterocycles. The largest absolute Gasteiger partial charge is 0.289 e. The van der Waals surface area contributed by atoms with E-state index in [0.717, 1.165) is 11.3 Å². The summed E-state index contributed by atoms with van der Waals surface area (Å²) in [6.45, 7) is 2.04. The van der Waals surface area contributed by atoms with Crippen molar-refractivity contribution in [2.45, 2.75) is 6.92 Å². The van der Waals surface area contributed by atoms with Gasteiger partial charge in [0.1, 0.15) is 0 Å². The predicted molar refractivity (Wildman–Crippen MR) is 100 cm³/mol. The zero-order chi connectivity index (χ0) is 18.1. The average Bonchev–Trinajstić information content (AvgIpc) is 3.22. The Balaban J connectivity index is 1.63. The summed E-state index contributed by atoms with van der Waals surface area (Å²) >= 11 is 1.46. The number of aromatic nitrogens is 3. The fraction of sp³-hybridized carbons (Fsp3) is 0.0526. The van der Waals surface area contributed by atoms with Gasteiger partial charge in [0.2, 0.25) is 4.96 Å². The van der Waals surface area contributed by atoms with Crippen LogP contribution in [0.25, 0.3) is 16.2 Å². The minimum absolute atomic E-state index is 0.234. The fourth-order valence-electron chi connectivity index (χ4n) is 2.56. The molecule has 0 fully saturated rings. The van der Waals surface area contributed by atoms with Gasteiger partial charge in [-0.3, -0.25) is 10.1 Å². The molecule has 26 heavy (non-hydrogen) atoms. The summed E-state index contributed by atoms with van der Waals surface area (Å²) < 4.78 is 1.72. The van der Waals surface area contributed by atoms with Gasteiger partial charge in [-0.05, 0) is 25.1 Å². The number of carbonyl (C=O) groups excluding carboxylic acids is 1. The topological polar surface area (TPSA) is 83.1 Å². The Morgan fingerprint density at radius 1 is 1.23 bits per heavy atom. The fourth-order valence-corrected chi connectivity index (χ4v) is 3.39. The third kappa shape index (κ3) is 2.94. The van der Waals surface area contributed by atoms with Crippen LogP contribution in [0.1, 0.15) is 21.5 Å². The highest BCUT2D eigenvalue weighted by Crippen LogP contribution is 2.26.